The zero-order chi connectivity index (χ0) is 32.6. The van der Waals surface area contributed by atoms with Crippen LogP contribution >= 0.6 is 0 Å². The average Bonchev–Trinajstić information content (AvgIpc) is 3.82. The second kappa shape index (κ2) is 14.4. The Bertz CT molecular complexity index is 1690. The predicted octanol–water partition coefficient (Wildman–Crippen LogP) is 3.37. The molecule has 3 aromatic rings. The Morgan fingerprint density at radius 3 is 2.25 bits per heavy atom. The smallest absolute Gasteiger partial charge is 0.357 e. The number of pyridine rings is 1. The molecule has 1 aliphatic carbocycles. The fraction of sp³-hybridized carbons (Fsp3) is 0.233. The first-order valence-electron chi connectivity index (χ1n) is 13.2. The maximum absolute atomic E-state index is 13.5. The second-order valence-electron chi connectivity index (χ2n) is 9.76. The van der Waals surface area contributed by atoms with Crippen LogP contribution < -0.4 is 21.1 Å². The number of hydrogen-bond acceptors (Lipinski definition) is 9. The van der Waals surface area contributed by atoms with Gasteiger partial charge in [-0.1, -0.05) is 12.7 Å². The minimum atomic E-state index is -3.67. The molecule has 0 spiro atoms. The minimum absolute atomic E-state index is 0.0611. The van der Waals surface area contributed by atoms with Crippen molar-refractivity contribution in [2.45, 2.75) is 12.8 Å². The number of anilines is 1. The van der Waals surface area contributed by atoms with Crippen LogP contribution in [0.3, 0.4) is 0 Å². The van der Waals surface area contributed by atoms with Gasteiger partial charge in [-0.15, -0.1) is 0 Å². The van der Waals surface area contributed by atoms with Gasteiger partial charge in [0, 0.05) is 40.0 Å². The summed E-state index contributed by atoms with van der Waals surface area (Å²) in [6, 6.07) is 12.8. The maximum Gasteiger partial charge on any atom is 0.357 e. The van der Waals surface area contributed by atoms with Crippen LogP contribution in [0.2, 0.25) is 0 Å². The molecular formula is C30H33N5O8S. The molecule has 14 heteroatoms. The van der Waals surface area contributed by atoms with E-state index in [1.807, 2.05) is 0 Å². The molecule has 1 fully saturated rings. The van der Waals surface area contributed by atoms with Crippen LogP contribution in [-0.4, -0.2) is 68.6 Å². The number of esters is 1. The first-order valence-corrected chi connectivity index (χ1v) is 15.0. The first-order chi connectivity index (χ1) is 20.7. The molecule has 1 aliphatic rings. The number of nitrogens with two attached hydrogens (primary N) is 1. The van der Waals surface area contributed by atoms with Crippen molar-refractivity contribution in [1.82, 2.24) is 10.3 Å². The highest BCUT2D eigenvalue weighted by atomic mass is 32.2. The number of nitrogens with one attached hydrogen (secondary N) is 3. The lowest BCUT2D eigenvalue weighted by molar-refractivity contribution is 0.0594. The van der Waals surface area contributed by atoms with Crippen molar-refractivity contribution in [1.29, 1.82) is 5.41 Å². The van der Waals surface area contributed by atoms with E-state index in [0.717, 1.165) is 12.8 Å². The fourth-order valence-electron chi connectivity index (χ4n) is 3.98. The van der Waals surface area contributed by atoms with Gasteiger partial charge in [-0.25, -0.2) is 9.78 Å². The molecule has 232 valence electrons. The van der Waals surface area contributed by atoms with E-state index in [9.17, 15) is 22.8 Å². The molecule has 0 bridgehead atoms. The number of carbonyl (C=O) groups is 3. The Morgan fingerprint density at radius 1 is 1.09 bits per heavy atom. The highest BCUT2D eigenvalue weighted by molar-refractivity contribution is 7.85. The minimum Gasteiger partial charge on any atom is -0.496 e. The molecule has 0 unspecified atom stereocenters. The van der Waals surface area contributed by atoms with E-state index in [2.05, 4.69) is 22.2 Å². The van der Waals surface area contributed by atoms with Crippen LogP contribution in [0.25, 0.3) is 17.2 Å². The van der Waals surface area contributed by atoms with Crippen LogP contribution in [0.15, 0.2) is 55.1 Å². The van der Waals surface area contributed by atoms with E-state index in [1.54, 1.807) is 48.5 Å². The van der Waals surface area contributed by atoms with Gasteiger partial charge in [-0.2, -0.15) is 8.42 Å². The van der Waals surface area contributed by atoms with Crippen LogP contribution in [0, 0.1) is 11.3 Å². The van der Waals surface area contributed by atoms with Crippen LogP contribution in [0.5, 0.6) is 5.75 Å². The number of methoxy groups -OCH3 is 2. The molecule has 0 saturated heterocycles. The molecule has 1 heterocycles. The monoisotopic (exact) mass is 623 g/mol. The maximum atomic E-state index is 13.5. The number of nitrogen functional groups attached to an aromatic ring is 1. The quantitative estimate of drug-likeness (QED) is 0.0961. The summed E-state index contributed by atoms with van der Waals surface area (Å²) in [6.45, 7) is 4.35. The Hall–Kier alpha value is -5.08. The van der Waals surface area contributed by atoms with E-state index >= 15 is 0 Å². The third-order valence-corrected chi connectivity index (χ3v) is 6.33. The van der Waals surface area contributed by atoms with Crippen molar-refractivity contribution in [3.05, 3.63) is 83.2 Å². The summed E-state index contributed by atoms with van der Waals surface area (Å²) in [5.74, 6) is -0.833. The Kier molecular flexibility index (Phi) is 10.9. The van der Waals surface area contributed by atoms with Gasteiger partial charge in [0.25, 0.3) is 21.9 Å². The number of carbonyl (C=O) groups excluding carboxylic acids is 3. The molecule has 44 heavy (non-hydrogen) atoms. The summed E-state index contributed by atoms with van der Waals surface area (Å²) in [6.07, 6.45) is 4.42. The van der Waals surface area contributed by atoms with Crippen molar-refractivity contribution in [2.24, 2.45) is 11.7 Å². The number of rotatable bonds is 10. The van der Waals surface area contributed by atoms with E-state index in [4.69, 9.17) is 25.2 Å². The lowest BCUT2D eigenvalue weighted by Gasteiger charge is -2.17. The first kappa shape index (κ1) is 33.4. The summed E-state index contributed by atoms with van der Waals surface area (Å²) in [5.41, 5.74) is 7.84. The van der Waals surface area contributed by atoms with Gasteiger partial charge >= 0.3 is 5.97 Å². The van der Waals surface area contributed by atoms with Crippen molar-refractivity contribution < 1.29 is 36.8 Å². The van der Waals surface area contributed by atoms with Gasteiger partial charge in [0.2, 0.25) is 0 Å². The summed E-state index contributed by atoms with van der Waals surface area (Å²) in [7, 11) is -0.970. The zero-order valence-electron chi connectivity index (χ0n) is 24.3. The van der Waals surface area contributed by atoms with Gasteiger partial charge in [0.1, 0.15) is 17.3 Å². The molecule has 0 aliphatic heterocycles. The summed E-state index contributed by atoms with van der Waals surface area (Å²) in [5, 5.41) is 13.2. The zero-order valence-corrected chi connectivity index (χ0v) is 25.2. The van der Waals surface area contributed by atoms with Gasteiger partial charge in [-0.3, -0.25) is 19.6 Å². The van der Waals surface area contributed by atoms with E-state index in [1.165, 1.54) is 20.3 Å². The summed E-state index contributed by atoms with van der Waals surface area (Å²) >= 11 is 0. The van der Waals surface area contributed by atoms with E-state index in [0.29, 0.717) is 46.8 Å². The topological polar surface area (TPSA) is 211 Å². The summed E-state index contributed by atoms with van der Waals surface area (Å²) in [4.78, 5) is 43.3. The number of nitrogens with zero attached hydrogens (tertiary/aromatic N) is 1. The Balaban J connectivity index is 0.000000978. The van der Waals surface area contributed by atoms with Gasteiger partial charge in [-0.05, 0) is 67.3 Å². The highest BCUT2D eigenvalue weighted by Crippen LogP contribution is 2.34. The van der Waals surface area contributed by atoms with Crippen LogP contribution in [0.4, 0.5) is 5.69 Å². The van der Waals surface area contributed by atoms with Crippen molar-refractivity contribution >= 4 is 45.5 Å². The molecule has 6 N–H and O–H groups in total. The lowest BCUT2D eigenvalue weighted by Crippen LogP contribution is -2.27. The Morgan fingerprint density at radius 2 is 1.73 bits per heavy atom. The van der Waals surface area contributed by atoms with Crippen molar-refractivity contribution in [3.8, 4) is 16.9 Å². The predicted molar refractivity (Wildman–Crippen MR) is 166 cm³/mol. The molecule has 1 aromatic heterocycles. The molecule has 2 aromatic carbocycles. The van der Waals surface area contributed by atoms with Gasteiger partial charge in [0.15, 0.2) is 5.69 Å². The van der Waals surface area contributed by atoms with Crippen LogP contribution in [-0.2, 0) is 14.9 Å². The third-order valence-electron chi connectivity index (χ3n) is 6.33. The van der Waals surface area contributed by atoms with Crippen molar-refractivity contribution in [2.75, 3.05) is 32.3 Å². The van der Waals surface area contributed by atoms with Crippen LogP contribution in [0.1, 0.15) is 55.3 Å². The highest BCUT2D eigenvalue weighted by Gasteiger charge is 2.26. The largest absolute Gasteiger partial charge is 0.496 e. The number of benzene rings is 2. The van der Waals surface area contributed by atoms with Gasteiger partial charge in [0.05, 0.1) is 20.5 Å². The Labute approximate surface area is 254 Å². The fourth-order valence-corrected chi connectivity index (χ4v) is 3.98. The molecule has 0 atom stereocenters. The number of aromatic nitrogens is 1. The molecule has 13 nitrogen and oxygen atoms in total. The standard InChI is InChI=1S/C29H29N5O5.CH4O3S/c1-4-17-13-22(27(35)33-19-9-7-18(8-10-19)26(30)31)21(14-24(17)38-2)20-11-12-23(34-25(20)29(37)39-3)28(36)32-15-16-5-6-16;1-5(2,3)4/h4,7-14,16H,1,5-6,15H2,2-3H3,(H3,30,31)(H,32,36)(H,33,35);1H3,(H,2,3,4). The molecule has 1 saturated carbocycles. The third kappa shape index (κ3) is 9.21. The number of amidine groups is 1. The molecular weight excluding hydrogens is 590 g/mol. The SMILES string of the molecule is C=Cc1cc(C(=O)Nc2ccc(C(=N)N)cc2)c(-c2ccc(C(=O)NCC3CC3)nc2C(=O)OC)cc1OC.CS(=O)(=O)O. The number of amides is 2. The summed E-state index contributed by atoms with van der Waals surface area (Å²) < 4.78 is 36.3. The number of ether oxygens (including phenoxy) is 2. The normalized spacial score (nSPS) is 12.2. The second-order valence-corrected chi connectivity index (χ2v) is 11.2. The molecule has 4 rings (SSSR count). The van der Waals surface area contributed by atoms with Crippen molar-refractivity contribution in [3.63, 3.8) is 0 Å². The average molecular weight is 624 g/mol. The van der Waals surface area contributed by atoms with Gasteiger partial charge < -0.3 is 25.8 Å². The van der Waals surface area contributed by atoms with E-state index in [-0.39, 0.29) is 28.4 Å². The molecule has 2 amide bonds. The molecule has 0 radical (unpaired) electrons. The lowest BCUT2D eigenvalue weighted by atomic mass is 9.94. The number of hydrogen-bond donors (Lipinski definition) is 5. The van der Waals surface area contributed by atoms with E-state index < -0.39 is 27.9 Å².